The van der Waals surface area contributed by atoms with Crippen LogP contribution in [0.2, 0.25) is 0 Å². The molecule has 0 aliphatic rings. The summed E-state index contributed by atoms with van der Waals surface area (Å²) in [6, 6.07) is 6.85. The Morgan fingerprint density at radius 1 is 1.35 bits per heavy atom. The third kappa shape index (κ3) is 3.31. The van der Waals surface area contributed by atoms with Crippen LogP contribution in [-0.2, 0) is 4.74 Å². The molecule has 1 aromatic carbocycles. The van der Waals surface area contributed by atoms with Crippen LogP contribution in [0.15, 0.2) is 24.3 Å². The maximum Gasteiger partial charge on any atom is 0.338 e. The first-order valence-corrected chi connectivity index (χ1v) is 5.35. The molecule has 0 fully saturated rings. The SMILES string of the molecule is COC(=O)c1ccccc1/C=[N+](/[O-])C(C)(C)C. The molecule has 1 rings (SSSR count). The lowest BCUT2D eigenvalue weighted by atomic mass is 10.1. The van der Waals surface area contributed by atoms with Gasteiger partial charge in [-0.05, 0) is 12.1 Å². The monoisotopic (exact) mass is 235 g/mol. The van der Waals surface area contributed by atoms with Crippen LogP contribution in [0.5, 0.6) is 0 Å². The average Bonchev–Trinajstić information content (AvgIpc) is 2.27. The molecular formula is C13H17NO3. The number of methoxy groups -OCH3 is 1. The van der Waals surface area contributed by atoms with Gasteiger partial charge in [0.25, 0.3) is 0 Å². The van der Waals surface area contributed by atoms with Gasteiger partial charge >= 0.3 is 5.97 Å². The van der Waals surface area contributed by atoms with Gasteiger partial charge in [-0.3, -0.25) is 0 Å². The van der Waals surface area contributed by atoms with E-state index in [1.165, 1.54) is 13.3 Å². The summed E-state index contributed by atoms with van der Waals surface area (Å²) in [5, 5.41) is 11.8. The van der Waals surface area contributed by atoms with Crippen molar-refractivity contribution in [3.8, 4) is 0 Å². The molecule has 0 radical (unpaired) electrons. The molecule has 0 aliphatic carbocycles. The minimum absolute atomic E-state index is 0.389. The molecule has 0 bridgehead atoms. The summed E-state index contributed by atoms with van der Waals surface area (Å²) in [7, 11) is 1.32. The van der Waals surface area contributed by atoms with Crippen molar-refractivity contribution in [3.63, 3.8) is 0 Å². The number of esters is 1. The molecule has 0 unspecified atom stereocenters. The lowest BCUT2D eigenvalue weighted by Gasteiger charge is -2.18. The number of hydrogen-bond acceptors (Lipinski definition) is 3. The molecule has 4 nitrogen and oxygen atoms in total. The number of hydroxylamine groups is 1. The molecule has 0 heterocycles. The molecule has 0 saturated carbocycles. The number of benzene rings is 1. The van der Waals surface area contributed by atoms with E-state index in [1.54, 1.807) is 45.0 Å². The first-order chi connectivity index (χ1) is 7.86. The second-order valence-corrected chi connectivity index (χ2v) is 4.70. The summed E-state index contributed by atoms with van der Waals surface area (Å²) in [6.45, 7) is 5.41. The van der Waals surface area contributed by atoms with Crippen molar-refractivity contribution >= 4 is 12.2 Å². The van der Waals surface area contributed by atoms with E-state index in [9.17, 15) is 10.0 Å². The number of ether oxygens (including phenoxy) is 1. The van der Waals surface area contributed by atoms with Crippen LogP contribution in [-0.4, -0.2) is 29.6 Å². The molecule has 0 N–H and O–H groups in total. The summed E-state index contributed by atoms with van der Waals surface area (Å²) in [5.41, 5.74) is 0.410. The van der Waals surface area contributed by atoms with E-state index in [-0.39, 0.29) is 0 Å². The fourth-order valence-electron chi connectivity index (χ4n) is 1.23. The fraction of sp³-hybridized carbons (Fsp3) is 0.385. The first kappa shape index (κ1) is 13.2. The summed E-state index contributed by atoms with van der Waals surface area (Å²) in [6.07, 6.45) is 1.41. The topological polar surface area (TPSA) is 52.4 Å². The number of rotatable bonds is 2. The van der Waals surface area contributed by atoms with Gasteiger partial charge in [-0.25, -0.2) is 9.53 Å². The van der Waals surface area contributed by atoms with Crippen molar-refractivity contribution in [2.24, 2.45) is 0 Å². The highest BCUT2D eigenvalue weighted by Gasteiger charge is 2.19. The van der Waals surface area contributed by atoms with Crippen LogP contribution in [0.4, 0.5) is 0 Å². The lowest BCUT2D eigenvalue weighted by molar-refractivity contribution is -0.530. The maximum absolute atomic E-state index is 11.8. The van der Waals surface area contributed by atoms with E-state index in [2.05, 4.69) is 4.74 Å². The van der Waals surface area contributed by atoms with Gasteiger partial charge in [0.05, 0.1) is 18.2 Å². The highest BCUT2D eigenvalue weighted by molar-refractivity contribution is 5.98. The highest BCUT2D eigenvalue weighted by atomic mass is 16.5. The molecule has 4 heteroatoms. The van der Waals surface area contributed by atoms with E-state index in [4.69, 9.17) is 0 Å². The normalized spacial score (nSPS) is 12.4. The van der Waals surface area contributed by atoms with Crippen molar-refractivity contribution in [2.45, 2.75) is 26.3 Å². The van der Waals surface area contributed by atoms with Gasteiger partial charge in [0.2, 0.25) is 0 Å². The van der Waals surface area contributed by atoms with Gasteiger partial charge in [-0.2, -0.15) is 0 Å². The summed E-state index contributed by atoms with van der Waals surface area (Å²) in [4.78, 5) is 11.5. The molecule has 1 aromatic rings. The van der Waals surface area contributed by atoms with E-state index >= 15 is 0 Å². The van der Waals surface area contributed by atoms with Gasteiger partial charge in [0.1, 0.15) is 0 Å². The quantitative estimate of drug-likeness (QED) is 0.259. The van der Waals surface area contributed by atoms with Gasteiger partial charge in [0.15, 0.2) is 11.8 Å². The minimum atomic E-state index is -0.538. The molecule has 0 saturated heterocycles. The van der Waals surface area contributed by atoms with Crippen molar-refractivity contribution in [1.82, 2.24) is 0 Å². The predicted octanol–water partition coefficient (Wildman–Crippen LogP) is 2.20. The molecule has 0 spiro atoms. The van der Waals surface area contributed by atoms with Gasteiger partial charge in [-0.15, -0.1) is 0 Å². The van der Waals surface area contributed by atoms with Gasteiger partial charge < -0.3 is 9.94 Å². The second kappa shape index (κ2) is 4.99. The molecule has 0 amide bonds. The Morgan fingerprint density at radius 3 is 2.47 bits per heavy atom. The van der Waals surface area contributed by atoms with E-state index < -0.39 is 11.5 Å². The number of nitrogens with zero attached hydrogens (tertiary/aromatic N) is 1. The third-order valence-corrected chi connectivity index (χ3v) is 2.28. The summed E-state index contributed by atoms with van der Waals surface area (Å²) < 4.78 is 5.49. The standard InChI is InChI=1S/C13H17NO3/c1-13(2,3)14(16)9-10-7-5-6-8-11(10)12(15)17-4/h5-9H,1-4H3/b14-9+. The molecule has 0 aromatic heterocycles. The Morgan fingerprint density at radius 2 is 1.94 bits per heavy atom. The Bertz CT molecular complexity index is 444. The zero-order valence-electron chi connectivity index (χ0n) is 10.6. The molecule has 92 valence electrons. The van der Waals surface area contributed by atoms with Gasteiger partial charge in [0, 0.05) is 20.8 Å². The minimum Gasteiger partial charge on any atom is -0.623 e. The summed E-state index contributed by atoms with van der Waals surface area (Å²) in [5.74, 6) is -0.445. The smallest absolute Gasteiger partial charge is 0.338 e. The van der Waals surface area contributed by atoms with Crippen LogP contribution < -0.4 is 0 Å². The van der Waals surface area contributed by atoms with Crippen LogP contribution >= 0.6 is 0 Å². The Balaban J connectivity index is 3.20. The molecule has 0 atom stereocenters. The third-order valence-electron chi connectivity index (χ3n) is 2.28. The maximum atomic E-state index is 11.8. The number of hydrogen-bond donors (Lipinski definition) is 0. The van der Waals surface area contributed by atoms with E-state index in [1.807, 2.05) is 0 Å². The van der Waals surface area contributed by atoms with Gasteiger partial charge in [-0.1, -0.05) is 12.1 Å². The number of carbonyl (C=O) groups excluding carboxylic acids is 1. The van der Waals surface area contributed by atoms with Crippen LogP contribution in [0, 0.1) is 5.21 Å². The largest absolute Gasteiger partial charge is 0.623 e. The molecular weight excluding hydrogens is 218 g/mol. The van der Waals surface area contributed by atoms with Crippen LogP contribution in [0.3, 0.4) is 0 Å². The van der Waals surface area contributed by atoms with Crippen molar-refractivity contribution < 1.29 is 14.3 Å². The van der Waals surface area contributed by atoms with Crippen molar-refractivity contribution in [1.29, 1.82) is 0 Å². The highest BCUT2D eigenvalue weighted by Crippen LogP contribution is 2.10. The van der Waals surface area contributed by atoms with Crippen molar-refractivity contribution in [3.05, 3.63) is 40.6 Å². The zero-order valence-corrected chi connectivity index (χ0v) is 10.6. The lowest BCUT2D eigenvalue weighted by Crippen LogP contribution is -2.29. The Kier molecular flexibility index (Phi) is 3.89. The first-order valence-electron chi connectivity index (χ1n) is 5.35. The average molecular weight is 235 g/mol. The summed E-state index contributed by atoms with van der Waals surface area (Å²) >= 11 is 0. The molecule has 0 aliphatic heterocycles. The van der Waals surface area contributed by atoms with E-state index in [0.717, 1.165) is 4.74 Å². The Hall–Kier alpha value is -1.84. The van der Waals surface area contributed by atoms with Crippen LogP contribution in [0.25, 0.3) is 0 Å². The molecule has 17 heavy (non-hydrogen) atoms. The fourth-order valence-corrected chi connectivity index (χ4v) is 1.23. The predicted molar refractivity (Wildman–Crippen MR) is 66.3 cm³/mol. The Labute approximate surface area is 101 Å². The van der Waals surface area contributed by atoms with E-state index in [0.29, 0.717) is 11.1 Å². The number of carbonyl (C=O) groups is 1. The zero-order chi connectivity index (χ0) is 13.1. The van der Waals surface area contributed by atoms with Crippen molar-refractivity contribution in [2.75, 3.05) is 7.11 Å². The van der Waals surface area contributed by atoms with Crippen LogP contribution in [0.1, 0.15) is 36.7 Å². The second-order valence-electron chi connectivity index (χ2n) is 4.70.